The molecule has 38 heavy (non-hydrogen) atoms. The highest BCUT2D eigenvalue weighted by atomic mass is 35.5. The van der Waals surface area contributed by atoms with E-state index in [1.54, 1.807) is 13.8 Å². The van der Waals surface area contributed by atoms with E-state index in [0.717, 1.165) is 18.0 Å². The first-order valence-electron chi connectivity index (χ1n) is 10.8. The number of rotatable bonds is 6. The predicted octanol–water partition coefficient (Wildman–Crippen LogP) is 4.40. The predicted molar refractivity (Wildman–Crippen MR) is 132 cm³/mol. The lowest BCUT2D eigenvalue weighted by Gasteiger charge is -2.32. The van der Waals surface area contributed by atoms with Crippen molar-refractivity contribution in [3.05, 3.63) is 76.3 Å². The molecular formula is C23H18ClF4N7O2S. The van der Waals surface area contributed by atoms with Gasteiger partial charge in [-0.15, -0.1) is 0 Å². The van der Waals surface area contributed by atoms with Gasteiger partial charge >= 0.3 is 6.18 Å². The summed E-state index contributed by atoms with van der Waals surface area (Å²) in [5, 5.41) is 7.54. The molecule has 3 aromatic rings. The zero-order valence-electron chi connectivity index (χ0n) is 19.6. The normalized spacial score (nSPS) is 17.8. The van der Waals surface area contributed by atoms with E-state index in [0.29, 0.717) is 17.3 Å². The Balaban J connectivity index is 1.40. The molecule has 1 aliphatic rings. The second kappa shape index (κ2) is 10.5. The summed E-state index contributed by atoms with van der Waals surface area (Å²) in [7, 11) is 0. The Morgan fingerprint density at radius 2 is 1.89 bits per heavy atom. The maximum absolute atomic E-state index is 13.5. The number of carbonyl (C=O) groups is 2. The summed E-state index contributed by atoms with van der Waals surface area (Å²) in [6.07, 6.45) is -0.0641. The Kier molecular flexibility index (Phi) is 7.56. The Bertz CT molecular complexity index is 1440. The van der Waals surface area contributed by atoms with Gasteiger partial charge in [0.15, 0.2) is 0 Å². The monoisotopic (exact) mass is 567 g/mol. The number of anilines is 1. The van der Waals surface area contributed by atoms with Crippen LogP contribution in [0.5, 0.6) is 0 Å². The molecule has 2 unspecified atom stereocenters. The van der Waals surface area contributed by atoms with Crippen molar-refractivity contribution in [2.75, 3.05) is 5.32 Å². The molecule has 0 saturated heterocycles. The first-order chi connectivity index (χ1) is 17.9. The highest BCUT2D eigenvalue weighted by Gasteiger charge is 2.39. The first kappa shape index (κ1) is 27.3. The molecule has 0 aromatic carbocycles. The molecule has 1 aliphatic heterocycles. The lowest BCUT2D eigenvalue weighted by Crippen LogP contribution is -2.52. The van der Waals surface area contributed by atoms with Crippen LogP contribution in [0.3, 0.4) is 0 Å². The van der Waals surface area contributed by atoms with Gasteiger partial charge in [-0.05, 0) is 32.0 Å². The molecule has 0 spiro atoms. The number of pyridine rings is 2. The van der Waals surface area contributed by atoms with E-state index >= 15 is 0 Å². The van der Waals surface area contributed by atoms with Gasteiger partial charge in [0.2, 0.25) is 5.95 Å². The molecule has 9 nitrogen and oxygen atoms in total. The Morgan fingerprint density at radius 3 is 2.61 bits per heavy atom. The molecule has 2 atom stereocenters. The molecule has 0 fully saturated rings. The van der Waals surface area contributed by atoms with E-state index < -0.39 is 45.4 Å². The second-order valence-corrected chi connectivity index (χ2v) is 10.1. The highest BCUT2D eigenvalue weighted by molar-refractivity contribution is 8.05. The standard InChI is InChI=1S/C23H18ClF4N7O2S/c1-11(34-20(36)16-7-15(31-10-32-16)12-3-4-29-18(25)5-12)22(2)33-9-17(38-22)21(37)35-19-6-13(23(26,27)28)14(24)8-30-19/h3-11,33H,1-2H3,(H,34,36)(H,30,35,37). The van der Waals surface area contributed by atoms with Crippen LogP contribution >= 0.6 is 23.4 Å². The van der Waals surface area contributed by atoms with Crippen molar-refractivity contribution in [2.45, 2.75) is 30.9 Å². The van der Waals surface area contributed by atoms with Crippen LogP contribution in [-0.2, 0) is 11.0 Å². The van der Waals surface area contributed by atoms with Crippen molar-refractivity contribution < 1.29 is 27.2 Å². The smallest absolute Gasteiger partial charge is 0.374 e. The number of aromatic nitrogens is 4. The minimum absolute atomic E-state index is 0.0332. The van der Waals surface area contributed by atoms with E-state index in [9.17, 15) is 27.2 Å². The van der Waals surface area contributed by atoms with Crippen LogP contribution < -0.4 is 16.0 Å². The van der Waals surface area contributed by atoms with Gasteiger partial charge in [-0.1, -0.05) is 23.4 Å². The zero-order valence-corrected chi connectivity index (χ0v) is 21.2. The molecule has 0 radical (unpaired) electrons. The number of hydrogen-bond donors (Lipinski definition) is 3. The third-order valence-corrected chi connectivity index (χ3v) is 7.25. The molecule has 2 amide bonds. The van der Waals surface area contributed by atoms with Crippen LogP contribution in [0.1, 0.15) is 29.9 Å². The number of alkyl halides is 3. The molecule has 0 saturated carbocycles. The van der Waals surface area contributed by atoms with Crippen LogP contribution in [0, 0.1) is 5.95 Å². The summed E-state index contributed by atoms with van der Waals surface area (Å²) < 4.78 is 52.8. The fourth-order valence-corrected chi connectivity index (χ4v) is 4.62. The van der Waals surface area contributed by atoms with Crippen LogP contribution in [-0.4, -0.2) is 42.7 Å². The summed E-state index contributed by atoms with van der Waals surface area (Å²) in [5.41, 5.74) is -0.354. The zero-order chi connectivity index (χ0) is 27.7. The minimum atomic E-state index is -4.71. The Labute approximate surface area is 222 Å². The Morgan fingerprint density at radius 1 is 1.13 bits per heavy atom. The lowest BCUT2D eigenvalue weighted by atomic mass is 10.1. The molecule has 0 bridgehead atoms. The van der Waals surface area contributed by atoms with Gasteiger partial charge in [0.05, 0.1) is 27.2 Å². The fraction of sp³-hybridized carbons (Fsp3) is 0.217. The van der Waals surface area contributed by atoms with E-state index in [4.69, 9.17) is 11.6 Å². The summed E-state index contributed by atoms with van der Waals surface area (Å²) >= 11 is 6.63. The average Bonchev–Trinajstić information content (AvgIpc) is 3.28. The van der Waals surface area contributed by atoms with Gasteiger partial charge in [-0.25, -0.2) is 19.9 Å². The molecule has 0 aliphatic carbocycles. The summed E-state index contributed by atoms with van der Waals surface area (Å²) in [5.74, 6) is -2.25. The lowest BCUT2D eigenvalue weighted by molar-refractivity contribution is -0.137. The topological polar surface area (TPSA) is 122 Å². The van der Waals surface area contributed by atoms with Gasteiger partial charge in [0.25, 0.3) is 11.8 Å². The average molecular weight is 568 g/mol. The number of amides is 2. The molecule has 198 valence electrons. The van der Waals surface area contributed by atoms with E-state index in [1.807, 2.05) is 0 Å². The quantitative estimate of drug-likeness (QED) is 0.296. The largest absolute Gasteiger partial charge is 0.418 e. The summed E-state index contributed by atoms with van der Waals surface area (Å²) in [4.78, 5) is 40.1. The molecular weight excluding hydrogens is 550 g/mol. The Hall–Kier alpha value is -3.78. The van der Waals surface area contributed by atoms with Crippen molar-refractivity contribution in [1.29, 1.82) is 0 Å². The minimum Gasteiger partial charge on any atom is -0.374 e. The SMILES string of the molecule is CC(NC(=O)c1cc(-c2ccnc(F)c2)ncn1)C1(C)NC=C(C(=O)Nc2cc(C(F)(F)F)c(Cl)cn2)S1. The number of halogens is 5. The number of thioether (sulfide) groups is 1. The number of hydrogen-bond acceptors (Lipinski definition) is 8. The summed E-state index contributed by atoms with van der Waals surface area (Å²) in [6.45, 7) is 3.43. The van der Waals surface area contributed by atoms with Crippen LogP contribution in [0.4, 0.5) is 23.4 Å². The van der Waals surface area contributed by atoms with E-state index in [1.165, 1.54) is 36.9 Å². The number of carbonyl (C=O) groups excluding carboxylic acids is 2. The van der Waals surface area contributed by atoms with Crippen LogP contribution in [0.25, 0.3) is 11.3 Å². The summed E-state index contributed by atoms with van der Waals surface area (Å²) in [6, 6.07) is 4.20. The number of nitrogens with one attached hydrogen (secondary N) is 3. The van der Waals surface area contributed by atoms with E-state index in [2.05, 4.69) is 35.9 Å². The van der Waals surface area contributed by atoms with Gasteiger partial charge in [-0.2, -0.15) is 17.6 Å². The van der Waals surface area contributed by atoms with Crippen molar-refractivity contribution in [3.8, 4) is 11.3 Å². The van der Waals surface area contributed by atoms with Gasteiger partial charge in [0, 0.05) is 30.2 Å². The second-order valence-electron chi connectivity index (χ2n) is 8.21. The highest BCUT2D eigenvalue weighted by Crippen LogP contribution is 2.39. The molecule has 3 N–H and O–H groups in total. The maximum Gasteiger partial charge on any atom is 0.418 e. The van der Waals surface area contributed by atoms with Crippen LogP contribution in [0.15, 0.2) is 54.1 Å². The van der Waals surface area contributed by atoms with Crippen molar-refractivity contribution >= 4 is 41.0 Å². The van der Waals surface area contributed by atoms with Crippen molar-refractivity contribution in [3.63, 3.8) is 0 Å². The molecule has 4 heterocycles. The van der Waals surface area contributed by atoms with Gasteiger partial charge in [-0.3, -0.25) is 9.59 Å². The number of nitrogens with zero attached hydrogens (tertiary/aromatic N) is 4. The maximum atomic E-state index is 13.5. The molecule has 4 rings (SSSR count). The van der Waals surface area contributed by atoms with Gasteiger partial charge < -0.3 is 16.0 Å². The molecule has 3 aromatic heterocycles. The molecule has 15 heteroatoms. The van der Waals surface area contributed by atoms with E-state index in [-0.39, 0.29) is 16.4 Å². The first-order valence-corrected chi connectivity index (χ1v) is 12.0. The fourth-order valence-electron chi connectivity index (χ4n) is 3.33. The van der Waals surface area contributed by atoms with Crippen molar-refractivity contribution in [1.82, 2.24) is 30.6 Å². The third kappa shape index (κ3) is 6.02. The third-order valence-electron chi connectivity index (χ3n) is 5.53. The van der Waals surface area contributed by atoms with Crippen molar-refractivity contribution in [2.24, 2.45) is 0 Å². The van der Waals surface area contributed by atoms with Crippen LogP contribution in [0.2, 0.25) is 5.02 Å². The van der Waals surface area contributed by atoms with Gasteiger partial charge in [0.1, 0.15) is 22.7 Å².